The Kier molecular flexibility index (Phi) is 5.26. The molecule has 110 valence electrons. The lowest BCUT2D eigenvalue weighted by atomic mass is 10.2. The summed E-state index contributed by atoms with van der Waals surface area (Å²) in [7, 11) is 0. The highest BCUT2D eigenvalue weighted by atomic mass is 35.5. The molecule has 0 bridgehead atoms. The van der Waals surface area contributed by atoms with Gasteiger partial charge in [-0.3, -0.25) is 4.79 Å². The van der Waals surface area contributed by atoms with Crippen LogP contribution in [0.1, 0.15) is 39.0 Å². The zero-order chi connectivity index (χ0) is 14.5. The van der Waals surface area contributed by atoms with Crippen molar-refractivity contribution in [1.82, 2.24) is 0 Å². The summed E-state index contributed by atoms with van der Waals surface area (Å²) in [5, 5.41) is 3.30. The van der Waals surface area contributed by atoms with Crippen LogP contribution < -0.4 is 15.8 Å². The fourth-order valence-electron chi connectivity index (χ4n) is 2.36. The lowest BCUT2D eigenvalue weighted by Gasteiger charge is -2.15. The quantitative estimate of drug-likeness (QED) is 0.876. The average molecular weight is 297 g/mol. The first-order valence-corrected chi connectivity index (χ1v) is 7.44. The molecule has 1 aromatic carbocycles. The fourth-order valence-corrected chi connectivity index (χ4v) is 2.59. The summed E-state index contributed by atoms with van der Waals surface area (Å²) in [5.41, 5.74) is 6.25. The van der Waals surface area contributed by atoms with E-state index in [0.29, 0.717) is 16.5 Å². The number of hydrogen-bond acceptors (Lipinski definition) is 3. The van der Waals surface area contributed by atoms with E-state index in [2.05, 4.69) is 5.32 Å². The fraction of sp³-hybridized carbons (Fsp3) is 0.533. The molecule has 1 saturated carbocycles. The van der Waals surface area contributed by atoms with Gasteiger partial charge in [0.2, 0.25) is 5.91 Å². The SMILES string of the molecule is CC(N)CC(=O)Nc1ccc(OC2CCCC2)c(Cl)c1. The van der Waals surface area contributed by atoms with Crippen LogP contribution in [0.3, 0.4) is 0 Å². The van der Waals surface area contributed by atoms with Gasteiger partial charge >= 0.3 is 0 Å². The summed E-state index contributed by atoms with van der Waals surface area (Å²) in [6.07, 6.45) is 5.16. The second kappa shape index (κ2) is 6.95. The number of anilines is 1. The Hall–Kier alpha value is -1.26. The number of carbonyl (C=O) groups excluding carboxylic acids is 1. The van der Waals surface area contributed by atoms with Crippen LogP contribution in [0.5, 0.6) is 5.75 Å². The predicted octanol–water partition coefficient (Wildman–Crippen LogP) is 3.34. The van der Waals surface area contributed by atoms with Gasteiger partial charge in [0.05, 0.1) is 11.1 Å². The Morgan fingerprint density at radius 3 is 2.80 bits per heavy atom. The first kappa shape index (κ1) is 15.1. The molecule has 4 nitrogen and oxygen atoms in total. The van der Waals surface area contributed by atoms with Gasteiger partial charge in [-0.2, -0.15) is 0 Å². The van der Waals surface area contributed by atoms with Crippen LogP contribution in [-0.2, 0) is 4.79 Å². The summed E-state index contributed by atoms with van der Waals surface area (Å²) in [6.45, 7) is 1.80. The number of carbonyl (C=O) groups is 1. The first-order chi connectivity index (χ1) is 9.54. The third kappa shape index (κ3) is 4.39. The molecule has 0 aliphatic heterocycles. The highest BCUT2D eigenvalue weighted by Crippen LogP contribution is 2.31. The number of ether oxygens (including phenoxy) is 1. The smallest absolute Gasteiger partial charge is 0.225 e. The van der Waals surface area contributed by atoms with Crippen molar-refractivity contribution in [3.63, 3.8) is 0 Å². The van der Waals surface area contributed by atoms with Crippen LogP contribution in [0.25, 0.3) is 0 Å². The molecule has 1 aromatic rings. The molecule has 0 heterocycles. The minimum absolute atomic E-state index is 0.111. The van der Waals surface area contributed by atoms with E-state index in [0.717, 1.165) is 12.8 Å². The van der Waals surface area contributed by atoms with E-state index in [1.807, 2.05) is 6.07 Å². The van der Waals surface area contributed by atoms with Gasteiger partial charge < -0.3 is 15.8 Å². The molecule has 1 atom stereocenters. The number of nitrogens with two attached hydrogens (primary N) is 1. The second-order valence-corrected chi connectivity index (χ2v) is 5.81. The number of hydrogen-bond donors (Lipinski definition) is 2. The van der Waals surface area contributed by atoms with Crippen LogP contribution in [0.2, 0.25) is 5.02 Å². The van der Waals surface area contributed by atoms with E-state index in [9.17, 15) is 4.79 Å². The number of halogens is 1. The van der Waals surface area contributed by atoms with Crippen molar-refractivity contribution in [2.75, 3.05) is 5.32 Å². The molecule has 1 aliphatic carbocycles. The normalized spacial score (nSPS) is 16.9. The van der Waals surface area contributed by atoms with E-state index in [1.165, 1.54) is 12.8 Å². The van der Waals surface area contributed by atoms with E-state index >= 15 is 0 Å². The maximum Gasteiger partial charge on any atom is 0.225 e. The van der Waals surface area contributed by atoms with Crippen molar-refractivity contribution in [3.05, 3.63) is 23.2 Å². The summed E-state index contributed by atoms with van der Waals surface area (Å²) < 4.78 is 5.87. The minimum atomic E-state index is -0.157. The number of nitrogens with one attached hydrogen (secondary N) is 1. The van der Waals surface area contributed by atoms with Crippen LogP contribution in [0.15, 0.2) is 18.2 Å². The summed E-state index contributed by atoms with van der Waals surface area (Å²) in [5.74, 6) is 0.573. The average Bonchev–Trinajstić information content (AvgIpc) is 2.84. The molecule has 3 N–H and O–H groups in total. The van der Waals surface area contributed by atoms with Gasteiger partial charge in [0, 0.05) is 18.2 Å². The van der Waals surface area contributed by atoms with Gasteiger partial charge in [0.1, 0.15) is 5.75 Å². The topological polar surface area (TPSA) is 64.4 Å². The minimum Gasteiger partial charge on any atom is -0.489 e. The Labute approximate surface area is 124 Å². The maximum atomic E-state index is 11.6. The lowest BCUT2D eigenvalue weighted by molar-refractivity contribution is -0.116. The summed E-state index contributed by atoms with van der Waals surface area (Å²) in [6, 6.07) is 5.16. The molecule has 0 saturated heterocycles. The van der Waals surface area contributed by atoms with Crippen LogP contribution in [0, 0.1) is 0 Å². The van der Waals surface area contributed by atoms with E-state index in [-0.39, 0.29) is 24.5 Å². The van der Waals surface area contributed by atoms with Crippen molar-refractivity contribution in [2.24, 2.45) is 5.73 Å². The third-order valence-corrected chi connectivity index (χ3v) is 3.61. The molecule has 0 radical (unpaired) electrons. The standard InChI is InChI=1S/C15H21ClN2O2/c1-10(17)8-15(19)18-11-6-7-14(13(16)9-11)20-12-4-2-3-5-12/h6-7,9-10,12H,2-5,8,17H2,1H3,(H,18,19). The first-order valence-electron chi connectivity index (χ1n) is 7.06. The lowest BCUT2D eigenvalue weighted by Crippen LogP contribution is -2.23. The Morgan fingerprint density at radius 2 is 2.20 bits per heavy atom. The number of rotatable bonds is 5. The summed E-state index contributed by atoms with van der Waals surface area (Å²) >= 11 is 6.20. The van der Waals surface area contributed by atoms with Gasteiger partial charge in [-0.25, -0.2) is 0 Å². The molecular weight excluding hydrogens is 276 g/mol. The van der Waals surface area contributed by atoms with Gasteiger partial charge in [-0.15, -0.1) is 0 Å². The molecule has 0 spiro atoms. The molecular formula is C15H21ClN2O2. The third-order valence-electron chi connectivity index (χ3n) is 3.32. The Morgan fingerprint density at radius 1 is 1.50 bits per heavy atom. The molecule has 20 heavy (non-hydrogen) atoms. The number of amides is 1. The van der Waals surface area contributed by atoms with Crippen LogP contribution in [0.4, 0.5) is 5.69 Å². The van der Waals surface area contributed by atoms with Crippen molar-refractivity contribution >= 4 is 23.2 Å². The van der Waals surface area contributed by atoms with E-state index < -0.39 is 0 Å². The van der Waals surface area contributed by atoms with Crippen LogP contribution in [-0.4, -0.2) is 18.1 Å². The second-order valence-electron chi connectivity index (χ2n) is 5.40. The van der Waals surface area contributed by atoms with Crippen molar-refractivity contribution < 1.29 is 9.53 Å². The number of benzene rings is 1. The maximum absolute atomic E-state index is 11.6. The highest BCUT2D eigenvalue weighted by Gasteiger charge is 2.18. The van der Waals surface area contributed by atoms with Gasteiger partial charge in [-0.05, 0) is 50.8 Å². The van der Waals surface area contributed by atoms with E-state index in [1.54, 1.807) is 19.1 Å². The van der Waals surface area contributed by atoms with Crippen molar-refractivity contribution in [3.8, 4) is 5.75 Å². The molecule has 1 unspecified atom stereocenters. The zero-order valence-electron chi connectivity index (χ0n) is 11.7. The van der Waals surface area contributed by atoms with Gasteiger partial charge in [-0.1, -0.05) is 11.6 Å². The largest absolute Gasteiger partial charge is 0.489 e. The molecule has 5 heteroatoms. The molecule has 0 aromatic heterocycles. The molecule has 1 amide bonds. The van der Waals surface area contributed by atoms with Gasteiger partial charge in [0.25, 0.3) is 0 Å². The van der Waals surface area contributed by atoms with E-state index in [4.69, 9.17) is 22.1 Å². The van der Waals surface area contributed by atoms with Crippen LogP contribution >= 0.6 is 11.6 Å². The molecule has 2 rings (SSSR count). The predicted molar refractivity (Wildman–Crippen MR) is 81.2 cm³/mol. The van der Waals surface area contributed by atoms with Gasteiger partial charge in [0.15, 0.2) is 0 Å². The monoisotopic (exact) mass is 296 g/mol. The zero-order valence-corrected chi connectivity index (χ0v) is 12.5. The molecule has 1 aliphatic rings. The highest BCUT2D eigenvalue weighted by molar-refractivity contribution is 6.32. The van der Waals surface area contributed by atoms with Crippen molar-refractivity contribution in [2.45, 2.75) is 51.2 Å². The Balaban J connectivity index is 1.96. The summed E-state index contributed by atoms with van der Waals surface area (Å²) in [4.78, 5) is 11.6. The Bertz CT molecular complexity index is 471. The van der Waals surface area contributed by atoms with Crippen molar-refractivity contribution in [1.29, 1.82) is 0 Å². The molecule has 1 fully saturated rings.